The normalized spacial score (nSPS) is 24.4. The van der Waals surface area contributed by atoms with Crippen molar-refractivity contribution in [2.75, 3.05) is 0 Å². The lowest BCUT2D eigenvalue weighted by atomic mass is 9.86. The average molecular weight is 459 g/mol. The zero-order valence-electron chi connectivity index (χ0n) is 19.1. The third kappa shape index (κ3) is 3.70. The molecule has 1 fully saturated rings. The van der Waals surface area contributed by atoms with Gasteiger partial charge in [-0.25, -0.2) is 0 Å². The maximum absolute atomic E-state index is 13.8. The van der Waals surface area contributed by atoms with Gasteiger partial charge in [-0.3, -0.25) is 4.79 Å². The Hall–Kier alpha value is -2.88. The number of hydrogen-bond donors (Lipinski definition) is 1. The van der Waals surface area contributed by atoms with Crippen LogP contribution in [0.4, 0.5) is 0 Å². The molecule has 1 saturated heterocycles. The summed E-state index contributed by atoms with van der Waals surface area (Å²) in [5.74, 6) is -0.190. The summed E-state index contributed by atoms with van der Waals surface area (Å²) in [5, 5.41) is 12.1. The molecular formula is C29H27ClO3. The van der Waals surface area contributed by atoms with Crippen LogP contribution >= 0.6 is 11.6 Å². The number of benzene rings is 3. The van der Waals surface area contributed by atoms with Crippen LogP contribution in [0.3, 0.4) is 0 Å². The van der Waals surface area contributed by atoms with Gasteiger partial charge in [0, 0.05) is 10.9 Å². The minimum atomic E-state index is -0.884. The Labute approximate surface area is 199 Å². The molecule has 0 amide bonds. The fourth-order valence-electron chi connectivity index (χ4n) is 5.16. The molecule has 33 heavy (non-hydrogen) atoms. The van der Waals surface area contributed by atoms with Gasteiger partial charge in [0.1, 0.15) is 17.5 Å². The molecule has 5 rings (SSSR count). The van der Waals surface area contributed by atoms with Crippen molar-refractivity contribution in [1.82, 2.24) is 0 Å². The first kappa shape index (κ1) is 21.9. The molecule has 0 radical (unpaired) electrons. The Bertz CT molecular complexity index is 1260. The Balaban J connectivity index is 1.61. The van der Waals surface area contributed by atoms with Gasteiger partial charge in [-0.05, 0) is 72.7 Å². The van der Waals surface area contributed by atoms with Gasteiger partial charge in [-0.15, -0.1) is 0 Å². The van der Waals surface area contributed by atoms with E-state index in [-0.39, 0.29) is 17.5 Å². The highest BCUT2D eigenvalue weighted by Crippen LogP contribution is 2.51. The molecule has 2 aliphatic rings. The number of carbonyl (C=O) groups is 1. The number of aliphatic hydroxyl groups is 1. The number of hydrogen-bond acceptors (Lipinski definition) is 3. The fraction of sp³-hybridized carbons (Fsp3) is 0.276. The molecule has 2 heterocycles. The summed E-state index contributed by atoms with van der Waals surface area (Å²) < 4.78 is 6.19. The standard InChI is InChI=1S/C29H27ClO3/c1-4-18-9-10-21(19-11-13-22(30)14-12-19)15-23(18)25-26(31)27-24(16-29(3,33-27)28(25)32)20-7-5-17(2)6-8-20/h5-15,24,27,32H,4,16H2,1-3H3/t24-,27+,29-/m1/s1. The Morgan fingerprint density at radius 1 is 1.03 bits per heavy atom. The maximum atomic E-state index is 13.8. The molecule has 0 aliphatic carbocycles. The molecule has 1 N–H and O–H groups in total. The van der Waals surface area contributed by atoms with Gasteiger partial charge in [0.2, 0.25) is 0 Å². The summed E-state index contributed by atoms with van der Waals surface area (Å²) in [6, 6.07) is 22.0. The van der Waals surface area contributed by atoms with E-state index in [1.54, 1.807) is 0 Å². The molecule has 3 aromatic carbocycles. The first-order valence-corrected chi connectivity index (χ1v) is 11.8. The van der Waals surface area contributed by atoms with Gasteiger partial charge < -0.3 is 9.84 Å². The van der Waals surface area contributed by atoms with Gasteiger partial charge >= 0.3 is 0 Å². The molecular weight excluding hydrogens is 432 g/mol. The molecule has 3 aromatic rings. The summed E-state index contributed by atoms with van der Waals surface area (Å²) in [7, 11) is 0. The van der Waals surface area contributed by atoms with Crippen molar-refractivity contribution in [1.29, 1.82) is 0 Å². The lowest BCUT2D eigenvalue weighted by Gasteiger charge is -2.31. The van der Waals surface area contributed by atoms with E-state index < -0.39 is 11.7 Å². The number of halogens is 1. The van der Waals surface area contributed by atoms with Crippen molar-refractivity contribution in [2.24, 2.45) is 0 Å². The zero-order valence-corrected chi connectivity index (χ0v) is 19.8. The van der Waals surface area contributed by atoms with Crippen LogP contribution in [0.15, 0.2) is 72.5 Å². The summed E-state index contributed by atoms with van der Waals surface area (Å²) in [6.45, 7) is 6.00. The smallest absolute Gasteiger partial charge is 0.196 e. The number of ketones is 1. The van der Waals surface area contributed by atoms with E-state index in [9.17, 15) is 9.90 Å². The number of Topliss-reactive ketones (excluding diaryl/α,β-unsaturated/α-hetero) is 1. The van der Waals surface area contributed by atoms with E-state index in [0.717, 1.165) is 34.2 Å². The first-order chi connectivity index (χ1) is 15.8. The average Bonchev–Trinajstić information content (AvgIpc) is 3.15. The summed E-state index contributed by atoms with van der Waals surface area (Å²) in [6.07, 6.45) is 0.719. The number of aliphatic hydroxyl groups excluding tert-OH is 1. The molecule has 3 atom stereocenters. The van der Waals surface area contributed by atoms with E-state index in [1.807, 2.05) is 50.2 Å². The quantitative estimate of drug-likeness (QED) is 0.455. The van der Waals surface area contributed by atoms with Gasteiger partial charge in [0.15, 0.2) is 5.78 Å². The van der Waals surface area contributed by atoms with Crippen molar-refractivity contribution >= 4 is 23.0 Å². The van der Waals surface area contributed by atoms with Crippen LogP contribution in [0.25, 0.3) is 16.7 Å². The second-order valence-electron chi connectivity index (χ2n) is 9.31. The SMILES string of the molecule is CCc1ccc(-c2ccc(Cl)cc2)cc1C1=C(O)[C@@]2(C)C[C@H](c3ccc(C)cc3)[C@H](O2)C1=O. The predicted molar refractivity (Wildman–Crippen MR) is 133 cm³/mol. The monoisotopic (exact) mass is 458 g/mol. The number of carbonyl (C=O) groups excluding carboxylic acids is 1. The third-order valence-electron chi connectivity index (χ3n) is 7.05. The minimum Gasteiger partial charge on any atom is -0.508 e. The van der Waals surface area contributed by atoms with E-state index >= 15 is 0 Å². The number of fused-ring (bicyclic) bond motifs is 2. The Morgan fingerprint density at radius 3 is 2.36 bits per heavy atom. The molecule has 2 aliphatic heterocycles. The number of ether oxygens (including phenoxy) is 1. The van der Waals surface area contributed by atoms with Gasteiger partial charge in [0.25, 0.3) is 0 Å². The van der Waals surface area contributed by atoms with Crippen LogP contribution in [0.1, 0.15) is 48.4 Å². The predicted octanol–water partition coefficient (Wildman–Crippen LogP) is 7.06. The lowest BCUT2D eigenvalue weighted by molar-refractivity contribution is -0.131. The van der Waals surface area contributed by atoms with E-state index in [4.69, 9.17) is 16.3 Å². The highest BCUT2D eigenvalue weighted by Gasteiger charge is 2.55. The Morgan fingerprint density at radius 2 is 1.70 bits per heavy atom. The van der Waals surface area contributed by atoms with Gasteiger partial charge in [-0.2, -0.15) is 0 Å². The molecule has 0 saturated carbocycles. The summed E-state index contributed by atoms with van der Waals surface area (Å²) in [5.41, 5.74) is 5.56. The molecule has 3 nitrogen and oxygen atoms in total. The highest BCUT2D eigenvalue weighted by molar-refractivity contribution is 6.30. The van der Waals surface area contributed by atoms with Crippen LogP contribution in [-0.4, -0.2) is 22.6 Å². The lowest BCUT2D eigenvalue weighted by Crippen LogP contribution is -2.38. The molecule has 0 aromatic heterocycles. The van der Waals surface area contributed by atoms with Crippen molar-refractivity contribution in [3.63, 3.8) is 0 Å². The third-order valence-corrected chi connectivity index (χ3v) is 7.30. The maximum Gasteiger partial charge on any atom is 0.196 e. The highest BCUT2D eigenvalue weighted by atomic mass is 35.5. The van der Waals surface area contributed by atoms with Crippen molar-refractivity contribution in [3.8, 4) is 11.1 Å². The van der Waals surface area contributed by atoms with Crippen LogP contribution < -0.4 is 0 Å². The van der Waals surface area contributed by atoms with Crippen LogP contribution in [0.2, 0.25) is 5.02 Å². The zero-order chi connectivity index (χ0) is 23.3. The van der Waals surface area contributed by atoms with Crippen molar-refractivity contribution < 1.29 is 14.6 Å². The second kappa shape index (κ2) is 8.16. The van der Waals surface area contributed by atoms with Gasteiger partial charge in [-0.1, -0.05) is 72.6 Å². The Kier molecular flexibility index (Phi) is 5.43. The summed E-state index contributed by atoms with van der Waals surface area (Å²) in [4.78, 5) is 13.8. The minimum absolute atomic E-state index is 0.0429. The first-order valence-electron chi connectivity index (χ1n) is 11.4. The fourth-order valence-corrected chi connectivity index (χ4v) is 5.28. The topological polar surface area (TPSA) is 46.5 Å². The van der Waals surface area contributed by atoms with E-state index in [0.29, 0.717) is 17.0 Å². The van der Waals surface area contributed by atoms with E-state index in [1.165, 1.54) is 5.56 Å². The van der Waals surface area contributed by atoms with Crippen LogP contribution in [0, 0.1) is 6.92 Å². The summed E-state index contributed by atoms with van der Waals surface area (Å²) >= 11 is 6.07. The second-order valence-corrected chi connectivity index (χ2v) is 9.75. The molecule has 2 bridgehead atoms. The van der Waals surface area contributed by atoms with Crippen molar-refractivity contribution in [2.45, 2.75) is 51.2 Å². The van der Waals surface area contributed by atoms with E-state index in [2.05, 4.69) is 37.3 Å². The number of aryl methyl sites for hydroxylation is 2. The van der Waals surface area contributed by atoms with Gasteiger partial charge in [0.05, 0.1) is 5.57 Å². The number of rotatable bonds is 4. The molecule has 168 valence electrons. The molecule has 0 spiro atoms. The van der Waals surface area contributed by atoms with Crippen LogP contribution in [-0.2, 0) is 16.0 Å². The largest absolute Gasteiger partial charge is 0.508 e. The molecule has 4 heteroatoms. The van der Waals surface area contributed by atoms with Crippen LogP contribution in [0.5, 0.6) is 0 Å². The molecule has 0 unspecified atom stereocenters. The van der Waals surface area contributed by atoms with Crippen molar-refractivity contribution in [3.05, 3.63) is 99.8 Å².